The second-order valence-corrected chi connectivity index (χ2v) is 7.54. The summed E-state index contributed by atoms with van der Waals surface area (Å²) in [6, 6.07) is 0. The first-order valence-corrected chi connectivity index (χ1v) is 9.39. The third-order valence-corrected chi connectivity index (χ3v) is 5.80. The Balaban J connectivity index is 3.17. The number of hydrogen-bond donors (Lipinski definition) is 0. The molecule has 0 aromatic carbocycles. The van der Waals surface area contributed by atoms with Crippen LogP contribution < -0.4 is 4.89 Å². The molecule has 0 radical (unpaired) electrons. The highest BCUT2D eigenvalue weighted by molar-refractivity contribution is 7.64. The van der Waals surface area contributed by atoms with E-state index in [0.29, 0.717) is 24.9 Å². The summed E-state index contributed by atoms with van der Waals surface area (Å²) < 4.78 is 16.1. The molecule has 5 nitrogen and oxygen atoms in total. The Morgan fingerprint density at radius 1 is 1.32 bits per heavy atom. The lowest BCUT2D eigenvalue weighted by Gasteiger charge is -2.27. The van der Waals surface area contributed by atoms with Crippen molar-refractivity contribution in [3.05, 3.63) is 23.0 Å². The Hall–Kier alpha value is -0.740. The number of carbonyl (C=O) groups is 1. The number of unbranched alkanes of at least 4 members (excludes halogenated alkanes) is 1. The zero-order chi connectivity index (χ0) is 16.8. The Bertz CT molecular complexity index is 455. The molecule has 6 heteroatoms. The lowest BCUT2D eigenvalue weighted by Crippen LogP contribution is -2.24. The zero-order valence-corrected chi connectivity index (χ0v) is 15.1. The lowest BCUT2D eigenvalue weighted by atomic mass is 9.96. The first-order valence-electron chi connectivity index (χ1n) is 7.85. The van der Waals surface area contributed by atoms with Crippen LogP contribution >= 0.6 is 7.94 Å². The van der Waals surface area contributed by atoms with Gasteiger partial charge in [0.1, 0.15) is 10.9 Å². The maximum absolute atomic E-state index is 13.0. The Morgan fingerprint density at radius 2 is 2.00 bits per heavy atom. The third-order valence-electron chi connectivity index (χ3n) is 3.38. The van der Waals surface area contributed by atoms with Gasteiger partial charge in [0.15, 0.2) is 0 Å². The van der Waals surface area contributed by atoms with Crippen LogP contribution in [0.1, 0.15) is 53.9 Å². The van der Waals surface area contributed by atoms with Crippen molar-refractivity contribution in [2.24, 2.45) is 0 Å². The normalized spacial score (nSPS) is 24.3. The molecule has 0 N–H and O–H groups in total. The second-order valence-electron chi connectivity index (χ2n) is 5.57. The predicted molar refractivity (Wildman–Crippen MR) is 86.0 cm³/mol. The number of allylic oxidation sites excluding steroid dienone is 1. The molecule has 1 unspecified atom stereocenters. The molecule has 126 valence electrons. The van der Waals surface area contributed by atoms with Gasteiger partial charge in [-0.1, -0.05) is 13.3 Å². The number of hydrogen-bond acceptors (Lipinski definition) is 5. The summed E-state index contributed by atoms with van der Waals surface area (Å²) >= 11 is 0. The maximum atomic E-state index is 13.0. The highest BCUT2D eigenvalue weighted by Crippen LogP contribution is 2.70. The minimum absolute atomic E-state index is 0.317. The average molecular weight is 330 g/mol. The quantitative estimate of drug-likeness (QED) is 0.387. The fraction of sp³-hybridized carbons (Fsp3) is 0.688. The van der Waals surface area contributed by atoms with Gasteiger partial charge in [0.2, 0.25) is 0 Å². The van der Waals surface area contributed by atoms with E-state index < -0.39 is 19.5 Å². The molecule has 0 aromatic rings. The summed E-state index contributed by atoms with van der Waals surface area (Å²) in [7, 11) is -3.29. The van der Waals surface area contributed by atoms with Gasteiger partial charge in [-0.25, -0.2) is 9.32 Å². The topological polar surface area (TPSA) is 67.8 Å². The van der Waals surface area contributed by atoms with Gasteiger partial charge in [0.25, 0.3) is 7.94 Å². The summed E-state index contributed by atoms with van der Waals surface area (Å²) in [6.07, 6.45) is 5.52. The smallest absolute Gasteiger partial charge is 0.330 e. The van der Waals surface area contributed by atoms with Gasteiger partial charge in [-0.2, -0.15) is 4.52 Å². The molecule has 22 heavy (non-hydrogen) atoms. The van der Waals surface area contributed by atoms with Crippen molar-refractivity contribution in [1.29, 1.82) is 0 Å². The van der Waals surface area contributed by atoms with E-state index in [1.165, 1.54) is 6.08 Å². The average Bonchev–Trinajstić information content (AvgIpc) is 2.60. The van der Waals surface area contributed by atoms with Gasteiger partial charge in [0.05, 0.1) is 13.2 Å². The second kappa shape index (κ2) is 8.21. The van der Waals surface area contributed by atoms with Crippen LogP contribution in [0.2, 0.25) is 0 Å². The van der Waals surface area contributed by atoms with E-state index >= 15 is 0 Å². The van der Waals surface area contributed by atoms with Crippen LogP contribution in [-0.4, -0.2) is 24.8 Å². The first kappa shape index (κ1) is 19.3. The van der Waals surface area contributed by atoms with Crippen LogP contribution in [0, 0.1) is 0 Å². The molecule has 0 aliphatic carbocycles. The molecule has 1 aliphatic rings. The summed E-state index contributed by atoms with van der Waals surface area (Å²) in [5.74, 6) is -0.418. The van der Waals surface area contributed by atoms with Crippen molar-refractivity contribution in [1.82, 2.24) is 0 Å². The van der Waals surface area contributed by atoms with Gasteiger partial charge >= 0.3 is 5.97 Å². The molecule has 0 aromatic heterocycles. The molecule has 0 saturated carbocycles. The Labute approximate surface area is 133 Å². The molecule has 0 amide bonds. The molecule has 0 fully saturated rings. The van der Waals surface area contributed by atoms with Crippen LogP contribution in [0.25, 0.3) is 0 Å². The fourth-order valence-electron chi connectivity index (χ4n) is 2.43. The number of carbonyl (C=O) groups excluding carboxylic acids is 1. The highest BCUT2D eigenvalue weighted by atomic mass is 31.2. The Morgan fingerprint density at radius 3 is 2.55 bits per heavy atom. The van der Waals surface area contributed by atoms with Crippen molar-refractivity contribution in [2.45, 2.75) is 59.5 Å². The molecule has 1 rings (SSSR count). The largest absolute Gasteiger partial charge is 0.627 e. The summed E-state index contributed by atoms with van der Waals surface area (Å²) in [6.45, 7) is 9.93. The van der Waals surface area contributed by atoms with Crippen molar-refractivity contribution in [2.75, 3.05) is 13.2 Å². The molecule has 1 heterocycles. The molecule has 0 bridgehead atoms. The van der Waals surface area contributed by atoms with Gasteiger partial charge in [0, 0.05) is 18.1 Å². The van der Waals surface area contributed by atoms with Gasteiger partial charge in [-0.05, 0) is 40.2 Å². The number of esters is 1. The molecule has 1 aliphatic heterocycles. The van der Waals surface area contributed by atoms with Gasteiger partial charge < -0.3 is 9.63 Å². The van der Waals surface area contributed by atoms with Crippen molar-refractivity contribution >= 4 is 13.9 Å². The number of ether oxygens (including phenoxy) is 1. The molecular formula is C16H27O5P. The first-order chi connectivity index (χ1) is 10.3. The van der Waals surface area contributed by atoms with Gasteiger partial charge in [-0.3, -0.25) is 0 Å². The van der Waals surface area contributed by atoms with Crippen LogP contribution in [0.5, 0.6) is 0 Å². The molecule has 1 atom stereocenters. The molecule has 0 saturated heterocycles. The van der Waals surface area contributed by atoms with E-state index in [4.69, 9.17) is 13.8 Å². The van der Waals surface area contributed by atoms with E-state index in [-0.39, 0.29) is 0 Å². The van der Waals surface area contributed by atoms with Crippen molar-refractivity contribution in [3.63, 3.8) is 0 Å². The molecule has 0 spiro atoms. The van der Waals surface area contributed by atoms with E-state index in [0.717, 1.165) is 18.4 Å². The molecular weight excluding hydrogens is 303 g/mol. The third kappa shape index (κ3) is 4.63. The van der Waals surface area contributed by atoms with Gasteiger partial charge in [-0.15, -0.1) is 0 Å². The highest BCUT2D eigenvalue weighted by Gasteiger charge is 2.52. The monoisotopic (exact) mass is 330 g/mol. The fourth-order valence-corrected chi connectivity index (χ4v) is 4.86. The zero-order valence-electron chi connectivity index (χ0n) is 14.2. The van der Waals surface area contributed by atoms with Crippen molar-refractivity contribution < 1.29 is 23.5 Å². The summed E-state index contributed by atoms with van der Waals surface area (Å²) in [4.78, 5) is 24.5. The van der Waals surface area contributed by atoms with Crippen LogP contribution in [-0.2, 0) is 18.6 Å². The van der Waals surface area contributed by atoms with E-state index in [9.17, 15) is 9.69 Å². The predicted octanol–water partition coefficient (Wildman–Crippen LogP) is 3.52. The van der Waals surface area contributed by atoms with Crippen LogP contribution in [0.4, 0.5) is 0 Å². The SMILES string of the molecule is CCCCC1=C(/C=C/C(=O)OCC)C(C)(C)O[P+]1([O-])OCC. The summed E-state index contributed by atoms with van der Waals surface area (Å²) in [5.41, 5.74) is 0.00215. The van der Waals surface area contributed by atoms with Crippen LogP contribution in [0.3, 0.4) is 0 Å². The lowest BCUT2D eigenvalue weighted by molar-refractivity contribution is -0.219. The van der Waals surface area contributed by atoms with Crippen LogP contribution in [0.15, 0.2) is 23.0 Å². The van der Waals surface area contributed by atoms with E-state index in [1.807, 2.05) is 13.8 Å². The van der Waals surface area contributed by atoms with E-state index in [2.05, 4.69) is 6.92 Å². The number of rotatable bonds is 8. The minimum Gasteiger partial charge on any atom is -0.627 e. The van der Waals surface area contributed by atoms with E-state index in [1.54, 1.807) is 19.9 Å². The summed E-state index contributed by atoms with van der Waals surface area (Å²) in [5, 5.41) is 0.682. The minimum atomic E-state index is -3.29. The van der Waals surface area contributed by atoms with Crippen molar-refractivity contribution in [3.8, 4) is 0 Å². The maximum Gasteiger partial charge on any atom is 0.330 e. The Kier molecular flexibility index (Phi) is 7.20. The standard InChI is InChI=1S/C16H27O5P/c1-6-9-10-14-13(11-12-15(17)19-7-2)16(4,5)21-22(14,18)20-8-3/h11-12H,6-10H2,1-5H3/b12-11+.